The van der Waals surface area contributed by atoms with Gasteiger partial charge in [-0.05, 0) is 26.9 Å². The van der Waals surface area contributed by atoms with Crippen LogP contribution in [0.2, 0.25) is 0 Å². The molecule has 0 aromatic carbocycles. The van der Waals surface area contributed by atoms with Crippen molar-refractivity contribution in [1.82, 2.24) is 10.2 Å². The highest BCUT2D eigenvalue weighted by atomic mass is 16.1. The van der Waals surface area contributed by atoms with Crippen molar-refractivity contribution in [3.63, 3.8) is 0 Å². The van der Waals surface area contributed by atoms with Gasteiger partial charge in [0.2, 0.25) is 5.91 Å². The van der Waals surface area contributed by atoms with Crippen molar-refractivity contribution in [2.24, 2.45) is 0 Å². The van der Waals surface area contributed by atoms with E-state index >= 15 is 0 Å². The van der Waals surface area contributed by atoms with Crippen LogP contribution < -0.4 is 5.32 Å². The third-order valence-electron chi connectivity index (χ3n) is 5.85. The molecule has 0 bridgehead atoms. The van der Waals surface area contributed by atoms with E-state index in [1.54, 1.807) is 0 Å². The highest BCUT2D eigenvalue weighted by Gasteiger charge is 2.11. The molecule has 1 amide bonds. The molecule has 0 heterocycles. The van der Waals surface area contributed by atoms with Crippen LogP contribution >= 0.6 is 0 Å². The summed E-state index contributed by atoms with van der Waals surface area (Å²) in [6.45, 7) is 4.40. The Hall–Kier alpha value is -0.570. The second-order valence-electron chi connectivity index (χ2n) is 8.86. The van der Waals surface area contributed by atoms with Crippen LogP contribution in [0.1, 0.15) is 136 Å². The monoisotopic (exact) mass is 396 g/mol. The van der Waals surface area contributed by atoms with Crippen LogP contribution in [0.25, 0.3) is 0 Å². The molecule has 168 valence electrons. The van der Waals surface area contributed by atoms with Crippen molar-refractivity contribution in [2.75, 3.05) is 14.1 Å². The summed E-state index contributed by atoms with van der Waals surface area (Å²) in [5.41, 5.74) is 0. The van der Waals surface area contributed by atoms with Gasteiger partial charge in [0.05, 0.1) is 6.17 Å². The average molecular weight is 397 g/mol. The first-order valence-electron chi connectivity index (χ1n) is 12.6. The fourth-order valence-electron chi connectivity index (χ4n) is 3.86. The molecule has 0 rings (SSSR count). The van der Waals surface area contributed by atoms with Crippen molar-refractivity contribution in [3.05, 3.63) is 0 Å². The molecule has 1 N–H and O–H groups in total. The van der Waals surface area contributed by atoms with Crippen LogP contribution in [-0.4, -0.2) is 31.1 Å². The first kappa shape index (κ1) is 27.4. The van der Waals surface area contributed by atoms with Crippen LogP contribution in [-0.2, 0) is 4.79 Å². The maximum atomic E-state index is 11.9. The molecule has 0 spiro atoms. The molecule has 0 fully saturated rings. The fourth-order valence-corrected chi connectivity index (χ4v) is 3.86. The molecule has 1 atom stereocenters. The molecule has 0 saturated carbocycles. The molecule has 0 saturated heterocycles. The molecule has 0 radical (unpaired) electrons. The fraction of sp³-hybridized carbons (Fsp3) is 0.960. The van der Waals surface area contributed by atoms with Gasteiger partial charge in [-0.1, -0.05) is 117 Å². The van der Waals surface area contributed by atoms with Gasteiger partial charge in [-0.3, -0.25) is 9.69 Å². The average Bonchev–Trinajstić information content (AvgIpc) is 2.68. The quantitative estimate of drug-likeness (QED) is 0.161. The predicted octanol–water partition coefficient (Wildman–Crippen LogP) is 7.44. The van der Waals surface area contributed by atoms with Crippen LogP contribution in [0.5, 0.6) is 0 Å². The van der Waals surface area contributed by atoms with Gasteiger partial charge in [-0.2, -0.15) is 0 Å². The molecule has 0 aliphatic heterocycles. The third-order valence-corrected chi connectivity index (χ3v) is 5.85. The molecular formula is C25H52N2O. The van der Waals surface area contributed by atoms with Gasteiger partial charge in [-0.15, -0.1) is 0 Å². The summed E-state index contributed by atoms with van der Waals surface area (Å²) in [5, 5.41) is 3.11. The molecule has 0 aliphatic rings. The number of nitrogens with zero attached hydrogens (tertiary/aromatic N) is 1. The molecule has 3 nitrogen and oxygen atoms in total. The largest absolute Gasteiger partial charge is 0.341 e. The summed E-state index contributed by atoms with van der Waals surface area (Å²) in [6, 6.07) is 0. The van der Waals surface area contributed by atoms with Crippen LogP contribution in [0.3, 0.4) is 0 Å². The van der Waals surface area contributed by atoms with Gasteiger partial charge in [0, 0.05) is 6.42 Å². The second-order valence-corrected chi connectivity index (χ2v) is 8.86. The first-order chi connectivity index (χ1) is 13.6. The molecule has 0 aliphatic carbocycles. The van der Waals surface area contributed by atoms with Gasteiger partial charge < -0.3 is 5.32 Å². The van der Waals surface area contributed by atoms with Crippen LogP contribution in [0.4, 0.5) is 0 Å². The summed E-state index contributed by atoms with van der Waals surface area (Å²) in [6.07, 6.45) is 25.2. The molecule has 0 aromatic rings. The number of rotatable bonds is 21. The SMILES string of the molecule is CCCCCCCCCCCCCCCCCCCC(=O)NC(CC)N(C)C. The van der Waals surface area contributed by atoms with Crippen molar-refractivity contribution in [3.8, 4) is 0 Å². The van der Waals surface area contributed by atoms with Gasteiger partial charge >= 0.3 is 0 Å². The van der Waals surface area contributed by atoms with Gasteiger partial charge in [-0.25, -0.2) is 0 Å². The Morgan fingerprint density at radius 3 is 1.32 bits per heavy atom. The lowest BCUT2D eigenvalue weighted by atomic mass is 10.0. The minimum Gasteiger partial charge on any atom is -0.341 e. The Bertz CT molecular complexity index is 331. The number of hydrogen-bond acceptors (Lipinski definition) is 2. The van der Waals surface area contributed by atoms with Gasteiger partial charge in [0.1, 0.15) is 0 Å². The molecule has 28 heavy (non-hydrogen) atoms. The minimum absolute atomic E-state index is 0.179. The van der Waals surface area contributed by atoms with E-state index in [2.05, 4.69) is 24.1 Å². The summed E-state index contributed by atoms with van der Waals surface area (Å²) < 4.78 is 0. The lowest BCUT2D eigenvalue weighted by Gasteiger charge is -2.23. The number of unbranched alkanes of at least 4 members (excludes halogenated alkanes) is 16. The van der Waals surface area contributed by atoms with Crippen molar-refractivity contribution >= 4 is 5.91 Å². The maximum Gasteiger partial charge on any atom is 0.221 e. The van der Waals surface area contributed by atoms with E-state index in [4.69, 9.17) is 0 Å². The van der Waals surface area contributed by atoms with Crippen molar-refractivity contribution < 1.29 is 4.79 Å². The molecular weight excluding hydrogens is 344 g/mol. The van der Waals surface area contributed by atoms with Gasteiger partial charge in [0.15, 0.2) is 0 Å². The lowest BCUT2D eigenvalue weighted by molar-refractivity contribution is -0.123. The van der Waals surface area contributed by atoms with E-state index in [9.17, 15) is 4.79 Å². The Morgan fingerprint density at radius 2 is 1.00 bits per heavy atom. The summed E-state index contributed by atoms with van der Waals surface area (Å²) in [4.78, 5) is 14.0. The standard InChI is InChI=1S/C25H52N2O/c1-5-7-8-9-10-11-12-13-14-15-16-17-18-19-20-21-22-23-25(28)26-24(6-2)27(3)4/h24H,5-23H2,1-4H3,(H,26,28). The predicted molar refractivity (Wildman–Crippen MR) is 125 cm³/mol. The highest BCUT2D eigenvalue weighted by Crippen LogP contribution is 2.14. The molecule has 0 aromatic heterocycles. The van der Waals surface area contributed by atoms with Crippen molar-refractivity contribution in [1.29, 1.82) is 0 Å². The van der Waals surface area contributed by atoms with E-state index in [0.29, 0.717) is 6.42 Å². The zero-order chi connectivity index (χ0) is 20.9. The van der Waals surface area contributed by atoms with E-state index in [1.807, 2.05) is 14.1 Å². The molecule has 3 heteroatoms. The smallest absolute Gasteiger partial charge is 0.221 e. The molecule has 1 unspecified atom stereocenters. The third kappa shape index (κ3) is 18.8. The van der Waals surface area contributed by atoms with Crippen molar-refractivity contribution in [2.45, 2.75) is 142 Å². The second kappa shape index (κ2) is 21.1. The number of carbonyl (C=O) groups is 1. The zero-order valence-electron chi connectivity index (χ0n) is 19.9. The maximum absolute atomic E-state index is 11.9. The summed E-state index contributed by atoms with van der Waals surface area (Å²) >= 11 is 0. The topological polar surface area (TPSA) is 32.3 Å². The van der Waals surface area contributed by atoms with Gasteiger partial charge in [0.25, 0.3) is 0 Å². The van der Waals surface area contributed by atoms with E-state index in [0.717, 1.165) is 12.8 Å². The number of hydrogen-bond donors (Lipinski definition) is 1. The summed E-state index contributed by atoms with van der Waals surface area (Å²) in [5.74, 6) is 0.210. The minimum atomic E-state index is 0.179. The Labute approximate surface area is 177 Å². The number of nitrogens with one attached hydrogen (secondary N) is 1. The first-order valence-corrected chi connectivity index (χ1v) is 12.6. The van der Waals surface area contributed by atoms with E-state index < -0.39 is 0 Å². The lowest BCUT2D eigenvalue weighted by Crippen LogP contribution is -2.44. The van der Waals surface area contributed by atoms with Crippen LogP contribution in [0, 0.1) is 0 Å². The van der Waals surface area contributed by atoms with Crippen LogP contribution in [0.15, 0.2) is 0 Å². The number of amides is 1. The van der Waals surface area contributed by atoms with E-state index in [1.165, 1.54) is 103 Å². The normalized spacial score (nSPS) is 12.5. The Morgan fingerprint density at radius 1 is 0.643 bits per heavy atom. The van der Waals surface area contributed by atoms with E-state index in [-0.39, 0.29) is 12.1 Å². The summed E-state index contributed by atoms with van der Waals surface area (Å²) in [7, 11) is 4.04. The Balaban J connectivity index is 3.22. The Kier molecular flexibility index (Phi) is 20.7. The number of carbonyl (C=O) groups excluding carboxylic acids is 1. The highest BCUT2D eigenvalue weighted by molar-refractivity contribution is 5.76. The zero-order valence-corrected chi connectivity index (χ0v) is 19.9.